The summed E-state index contributed by atoms with van der Waals surface area (Å²) < 4.78 is 39.3. The van der Waals surface area contributed by atoms with Gasteiger partial charge in [0.15, 0.2) is 0 Å². The smallest absolute Gasteiger partial charge is 0.368 e. The summed E-state index contributed by atoms with van der Waals surface area (Å²) in [6.45, 7) is 1.40. The standard InChI is InChI=1S/C15H15F3N6O3/c1-9(25)19-5-6-20-13-12(15(16,17)18)8-21-14(23-13)22-10-3-2-4-11(7-10)24(26)27/h2-4,7-8H,5-6H2,1H3,(H,19,25)(H2,20,21,22,23). The number of anilines is 3. The Hall–Kier alpha value is -3.44. The van der Waals surface area contributed by atoms with Crippen molar-refractivity contribution in [2.45, 2.75) is 13.1 Å². The van der Waals surface area contributed by atoms with E-state index in [0.717, 1.165) is 0 Å². The number of hydrogen-bond acceptors (Lipinski definition) is 7. The molecule has 0 aliphatic heterocycles. The molecule has 12 heteroatoms. The number of rotatable bonds is 7. The average Bonchev–Trinajstić information content (AvgIpc) is 2.58. The van der Waals surface area contributed by atoms with Crippen LogP contribution in [-0.4, -0.2) is 33.9 Å². The Labute approximate surface area is 151 Å². The molecule has 1 aromatic heterocycles. The van der Waals surface area contributed by atoms with Crippen LogP contribution in [-0.2, 0) is 11.0 Å². The number of nitro groups is 1. The van der Waals surface area contributed by atoms with Gasteiger partial charge < -0.3 is 16.0 Å². The number of nitro benzene ring substituents is 1. The Kier molecular flexibility index (Phi) is 6.11. The molecule has 0 saturated heterocycles. The van der Waals surface area contributed by atoms with E-state index in [1.165, 1.54) is 31.2 Å². The summed E-state index contributed by atoms with van der Waals surface area (Å²) >= 11 is 0. The maximum Gasteiger partial charge on any atom is 0.421 e. The van der Waals surface area contributed by atoms with E-state index in [-0.39, 0.29) is 36.3 Å². The lowest BCUT2D eigenvalue weighted by molar-refractivity contribution is -0.384. The number of non-ortho nitro benzene ring substituents is 1. The molecule has 2 aromatic rings. The van der Waals surface area contributed by atoms with Gasteiger partial charge in [-0.15, -0.1) is 0 Å². The van der Waals surface area contributed by atoms with Crippen molar-refractivity contribution in [2.24, 2.45) is 0 Å². The summed E-state index contributed by atoms with van der Waals surface area (Å²) in [5, 5.41) is 18.4. The summed E-state index contributed by atoms with van der Waals surface area (Å²) in [6.07, 6.45) is -4.08. The minimum atomic E-state index is -4.68. The quantitative estimate of drug-likeness (QED) is 0.381. The van der Waals surface area contributed by atoms with Gasteiger partial charge in [0.25, 0.3) is 5.69 Å². The topological polar surface area (TPSA) is 122 Å². The molecule has 1 aromatic carbocycles. The van der Waals surface area contributed by atoms with Gasteiger partial charge in [-0.3, -0.25) is 14.9 Å². The van der Waals surface area contributed by atoms with Crippen molar-refractivity contribution in [2.75, 3.05) is 23.7 Å². The van der Waals surface area contributed by atoms with E-state index < -0.39 is 22.5 Å². The molecular weight excluding hydrogens is 369 g/mol. The third kappa shape index (κ3) is 5.80. The van der Waals surface area contributed by atoms with Crippen molar-refractivity contribution < 1.29 is 22.9 Å². The van der Waals surface area contributed by atoms with Crippen LogP contribution in [0.4, 0.5) is 36.3 Å². The van der Waals surface area contributed by atoms with Gasteiger partial charge >= 0.3 is 6.18 Å². The third-order valence-electron chi connectivity index (χ3n) is 3.20. The second-order valence-corrected chi connectivity index (χ2v) is 5.30. The second-order valence-electron chi connectivity index (χ2n) is 5.30. The summed E-state index contributed by atoms with van der Waals surface area (Å²) in [5.74, 6) is -0.968. The first-order valence-corrected chi connectivity index (χ1v) is 7.61. The van der Waals surface area contributed by atoms with Crippen LogP contribution in [0.5, 0.6) is 0 Å². The molecule has 9 nitrogen and oxygen atoms in total. The lowest BCUT2D eigenvalue weighted by atomic mass is 10.3. The van der Waals surface area contributed by atoms with E-state index >= 15 is 0 Å². The zero-order valence-corrected chi connectivity index (χ0v) is 14.0. The molecule has 2 rings (SSSR count). The van der Waals surface area contributed by atoms with E-state index in [4.69, 9.17) is 0 Å². The molecule has 3 N–H and O–H groups in total. The van der Waals surface area contributed by atoms with E-state index in [9.17, 15) is 28.1 Å². The lowest BCUT2D eigenvalue weighted by Crippen LogP contribution is -2.27. The molecular formula is C15H15F3N6O3. The van der Waals surface area contributed by atoms with Crippen LogP contribution in [0.1, 0.15) is 12.5 Å². The number of halogens is 3. The van der Waals surface area contributed by atoms with Crippen molar-refractivity contribution in [1.29, 1.82) is 0 Å². The van der Waals surface area contributed by atoms with Gasteiger partial charge in [0.05, 0.1) is 4.92 Å². The average molecular weight is 384 g/mol. The second kappa shape index (κ2) is 8.29. The van der Waals surface area contributed by atoms with E-state index in [0.29, 0.717) is 6.20 Å². The van der Waals surface area contributed by atoms with Gasteiger partial charge in [0.1, 0.15) is 11.4 Å². The number of amides is 1. The number of hydrogen-bond donors (Lipinski definition) is 3. The Morgan fingerprint density at radius 1 is 1.30 bits per heavy atom. The maximum atomic E-state index is 13.1. The molecule has 0 bridgehead atoms. The molecule has 0 aliphatic carbocycles. The van der Waals surface area contributed by atoms with Crippen molar-refractivity contribution in [3.63, 3.8) is 0 Å². The molecule has 0 radical (unpaired) electrons. The van der Waals surface area contributed by atoms with E-state index in [2.05, 4.69) is 25.9 Å². The number of nitrogens with one attached hydrogen (secondary N) is 3. The van der Waals surface area contributed by atoms with Gasteiger partial charge in [0, 0.05) is 44.0 Å². The van der Waals surface area contributed by atoms with Gasteiger partial charge in [-0.05, 0) is 6.07 Å². The molecule has 144 valence electrons. The zero-order chi connectivity index (χ0) is 20.0. The van der Waals surface area contributed by atoms with Gasteiger partial charge in [-0.1, -0.05) is 6.07 Å². The first kappa shape index (κ1) is 19.9. The third-order valence-corrected chi connectivity index (χ3v) is 3.20. The lowest BCUT2D eigenvalue weighted by Gasteiger charge is -2.15. The molecule has 0 aliphatic rings. The molecule has 0 fully saturated rings. The number of aromatic nitrogens is 2. The monoisotopic (exact) mass is 384 g/mol. The molecule has 1 heterocycles. The van der Waals surface area contributed by atoms with Crippen LogP contribution >= 0.6 is 0 Å². The summed E-state index contributed by atoms with van der Waals surface area (Å²) in [5.41, 5.74) is -1.02. The first-order chi connectivity index (χ1) is 12.7. The van der Waals surface area contributed by atoms with Crippen LogP contribution in [0.3, 0.4) is 0 Å². The Morgan fingerprint density at radius 3 is 2.67 bits per heavy atom. The van der Waals surface area contributed by atoms with Gasteiger partial charge in [0.2, 0.25) is 11.9 Å². The number of benzene rings is 1. The highest BCUT2D eigenvalue weighted by Crippen LogP contribution is 2.34. The van der Waals surface area contributed by atoms with Crippen LogP contribution in [0.2, 0.25) is 0 Å². The van der Waals surface area contributed by atoms with Crippen molar-refractivity contribution in [3.8, 4) is 0 Å². The molecule has 0 saturated carbocycles. The van der Waals surface area contributed by atoms with Gasteiger partial charge in [-0.2, -0.15) is 18.2 Å². The fourth-order valence-electron chi connectivity index (χ4n) is 2.03. The molecule has 1 amide bonds. The maximum absolute atomic E-state index is 13.1. The number of alkyl halides is 3. The Bertz CT molecular complexity index is 844. The number of carbonyl (C=O) groups is 1. The Morgan fingerprint density at radius 2 is 2.04 bits per heavy atom. The minimum absolute atomic E-state index is 0.00984. The SMILES string of the molecule is CC(=O)NCCNc1nc(Nc2cccc([N+](=O)[O-])c2)ncc1C(F)(F)F. The normalized spacial score (nSPS) is 11.0. The number of nitrogens with zero attached hydrogens (tertiary/aromatic N) is 3. The van der Waals surface area contributed by atoms with E-state index in [1.54, 1.807) is 0 Å². The van der Waals surface area contributed by atoms with Gasteiger partial charge in [-0.25, -0.2) is 4.98 Å². The Balaban J connectivity index is 2.22. The highest BCUT2D eigenvalue weighted by molar-refractivity contribution is 5.72. The predicted molar refractivity (Wildman–Crippen MR) is 90.6 cm³/mol. The summed E-state index contributed by atoms with van der Waals surface area (Å²) in [6, 6.07) is 5.37. The molecule has 0 atom stereocenters. The van der Waals surface area contributed by atoms with Crippen LogP contribution in [0.25, 0.3) is 0 Å². The molecule has 0 spiro atoms. The molecule has 0 unspecified atom stereocenters. The van der Waals surface area contributed by atoms with Crippen molar-refractivity contribution in [3.05, 3.63) is 46.1 Å². The first-order valence-electron chi connectivity index (χ1n) is 7.61. The fourth-order valence-corrected chi connectivity index (χ4v) is 2.03. The number of carbonyl (C=O) groups excluding carboxylic acids is 1. The fraction of sp³-hybridized carbons (Fsp3) is 0.267. The van der Waals surface area contributed by atoms with Crippen molar-refractivity contribution >= 4 is 29.0 Å². The molecule has 27 heavy (non-hydrogen) atoms. The van der Waals surface area contributed by atoms with Crippen LogP contribution in [0, 0.1) is 10.1 Å². The summed E-state index contributed by atoms with van der Waals surface area (Å²) in [4.78, 5) is 28.4. The minimum Gasteiger partial charge on any atom is -0.368 e. The largest absolute Gasteiger partial charge is 0.421 e. The van der Waals surface area contributed by atoms with Crippen LogP contribution in [0.15, 0.2) is 30.5 Å². The zero-order valence-electron chi connectivity index (χ0n) is 14.0. The van der Waals surface area contributed by atoms with E-state index in [1.807, 2.05) is 0 Å². The highest BCUT2D eigenvalue weighted by atomic mass is 19.4. The van der Waals surface area contributed by atoms with Crippen molar-refractivity contribution in [1.82, 2.24) is 15.3 Å². The summed E-state index contributed by atoms with van der Waals surface area (Å²) in [7, 11) is 0. The predicted octanol–water partition coefficient (Wildman–Crippen LogP) is 2.70. The highest BCUT2D eigenvalue weighted by Gasteiger charge is 2.35. The van der Waals surface area contributed by atoms with Crippen LogP contribution < -0.4 is 16.0 Å².